The number of halogens is 1. The highest BCUT2D eigenvalue weighted by molar-refractivity contribution is 5.99. The third-order valence-electron chi connectivity index (χ3n) is 4.76. The number of nitrogens with one attached hydrogen (secondary N) is 1. The third-order valence-corrected chi connectivity index (χ3v) is 4.76. The molecule has 140 valence electrons. The zero-order valence-electron chi connectivity index (χ0n) is 15.2. The number of pyridine rings is 1. The van der Waals surface area contributed by atoms with Gasteiger partial charge >= 0.3 is 0 Å². The Bertz CT molecular complexity index is 1030. The Kier molecular flexibility index (Phi) is 4.61. The van der Waals surface area contributed by atoms with E-state index in [1.54, 1.807) is 59.6 Å². The molecule has 28 heavy (non-hydrogen) atoms. The maximum atomic E-state index is 13.2. The molecule has 1 aliphatic heterocycles. The summed E-state index contributed by atoms with van der Waals surface area (Å²) in [4.78, 5) is 30.5. The van der Waals surface area contributed by atoms with Crippen LogP contribution in [0.2, 0.25) is 0 Å². The number of ketones is 1. The predicted molar refractivity (Wildman–Crippen MR) is 103 cm³/mol. The SMILES string of the molecule is CC(=O)c1ccc(N[C@@H]2c3ncccc3C(=O)N2Cc2ccc(F)cc2)cc1. The van der Waals surface area contributed by atoms with E-state index in [1.165, 1.54) is 19.1 Å². The van der Waals surface area contributed by atoms with Gasteiger partial charge in [0.25, 0.3) is 5.91 Å². The van der Waals surface area contributed by atoms with Crippen molar-refractivity contribution >= 4 is 17.4 Å². The van der Waals surface area contributed by atoms with Gasteiger partial charge in [0.15, 0.2) is 5.78 Å². The van der Waals surface area contributed by atoms with Gasteiger partial charge in [0.1, 0.15) is 12.0 Å². The Morgan fingerprint density at radius 3 is 2.50 bits per heavy atom. The second kappa shape index (κ2) is 7.23. The van der Waals surface area contributed by atoms with E-state index in [4.69, 9.17) is 0 Å². The van der Waals surface area contributed by atoms with Crippen LogP contribution in [0, 0.1) is 5.82 Å². The largest absolute Gasteiger partial charge is 0.360 e. The van der Waals surface area contributed by atoms with Gasteiger partial charge in [-0.2, -0.15) is 0 Å². The summed E-state index contributed by atoms with van der Waals surface area (Å²) in [6.07, 6.45) is 1.19. The van der Waals surface area contributed by atoms with Gasteiger partial charge in [-0.1, -0.05) is 12.1 Å². The first-order chi connectivity index (χ1) is 13.5. The fraction of sp³-hybridized carbons (Fsp3) is 0.136. The average Bonchev–Trinajstić information content (AvgIpc) is 2.96. The molecule has 0 saturated carbocycles. The molecule has 1 N–H and O–H groups in total. The number of Topliss-reactive ketones (excluding diaryl/α,β-unsaturated/α-hetero) is 1. The minimum atomic E-state index is -0.461. The number of aromatic nitrogens is 1. The quantitative estimate of drug-likeness (QED) is 0.679. The lowest BCUT2D eigenvalue weighted by Crippen LogP contribution is -2.32. The van der Waals surface area contributed by atoms with Gasteiger partial charge < -0.3 is 10.2 Å². The smallest absolute Gasteiger partial charge is 0.258 e. The van der Waals surface area contributed by atoms with Crippen LogP contribution in [0.3, 0.4) is 0 Å². The van der Waals surface area contributed by atoms with Crippen LogP contribution in [0.4, 0.5) is 10.1 Å². The molecule has 2 aromatic carbocycles. The lowest BCUT2D eigenvalue weighted by molar-refractivity contribution is 0.0727. The highest BCUT2D eigenvalue weighted by Gasteiger charge is 2.37. The highest BCUT2D eigenvalue weighted by Crippen LogP contribution is 2.34. The van der Waals surface area contributed by atoms with Crippen LogP contribution in [-0.4, -0.2) is 21.6 Å². The highest BCUT2D eigenvalue weighted by atomic mass is 19.1. The van der Waals surface area contributed by atoms with E-state index in [2.05, 4.69) is 10.3 Å². The Hall–Kier alpha value is -3.54. The molecule has 1 atom stereocenters. The molecular weight excluding hydrogens is 357 g/mol. The molecule has 0 radical (unpaired) electrons. The van der Waals surface area contributed by atoms with E-state index >= 15 is 0 Å². The van der Waals surface area contributed by atoms with Gasteiger partial charge in [-0.3, -0.25) is 14.6 Å². The van der Waals surface area contributed by atoms with Gasteiger partial charge in [-0.05, 0) is 61.0 Å². The predicted octanol–water partition coefficient (Wildman–Crippen LogP) is 4.19. The van der Waals surface area contributed by atoms with E-state index in [-0.39, 0.29) is 17.5 Å². The van der Waals surface area contributed by atoms with Crippen molar-refractivity contribution in [2.45, 2.75) is 19.6 Å². The van der Waals surface area contributed by atoms with Gasteiger partial charge in [0.2, 0.25) is 0 Å². The van der Waals surface area contributed by atoms with E-state index < -0.39 is 6.17 Å². The van der Waals surface area contributed by atoms with Crippen molar-refractivity contribution in [2.75, 3.05) is 5.32 Å². The van der Waals surface area contributed by atoms with Crippen LogP contribution in [0.15, 0.2) is 66.9 Å². The van der Waals surface area contributed by atoms with Crippen molar-refractivity contribution in [1.29, 1.82) is 0 Å². The third kappa shape index (κ3) is 3.36. The van der Waals surface area contributed by atoms with Gasteiger partial charge in [0, 0.05) is 24.0 Å². The zero-order chi connectivity index (χ0) is 19.7. The number of carbonyl (C=O) groups excluding carboxylic acids is 2. The van der Waals surface area contributed by atoms with Crippen LogP contribution in [-0.2, 0) is 6.54 Å². The minimum absolute atomic E-state index is 0.00690. The number of carbonyl (C=O) groups is 2. The number of rotatable bonds is 5. The van der Waals surface area contributed by atoms with Crippen LogP contribution < -0.4 is 5.32 Å². The van der Waals surface area contributed by atoms with Crippen molar-refractivity contribution in [2.24, 2.45) is 0 Å². The maximum Gasteiger partial charge on any atom is 0.258 e. The molecule has 0 fully saturated rings. The monoisotopic (exact) mass is 375 g/mol. The van der Waals surface area contributed by atoms with Crippen LogP contribution in [0.5, 0.6) is 0 Å². The molecule has 1 amide bonds. The van der Waals surface area contributed by atoms with Crippen molar-refractivity contribution in [3.8, 4) is 0 Å². The number of amides is 1. The lowest BCUT2D eigenvalue weighted by atomic mass is 10.1. The van der Waals surface area contributed by atoms with Gasteiger partial charge in [0.05, 0.1) is 11.3 Å². The lowest BCUT2D eigenvalue weighted by Gasteiger charge is -2.26. The van der Waals surface area contributed by atoms with E-state index in [0.717, 1.165) is 11.3 Å². The van der Waals surface area contributed by atoms with Crippen LogP contribution >= 0.6 is 0 Å². The second-order valence-electron chi connectivity index (χ2n) is 6.68. The summed E-state index contributed by atoms with van der Waals surface area (Å²) >= 11 is 0. The molecule has 0 aliphatic carbocycles. The number of anilines is 1. The number of nitrogens with zero attached hydrogens (tertiary/aromatic N) is 2. The first kappa shape index (κ1) is 17.9. The van der Waals surface area contributed by atoms with Crippen LogP contribution in [0.1, 0.15) is 45.1 Å². The molecule has 6 heteroatoms. The minimum Gasteiger partial charge on any atom is -0.360 e. The van der Waals surface area contributed by atoms with E-state index in [0.29, 0.717) is 23.4 Å². The number of hydrogen-bond acceptors (Lipinski definition) is 4. The Morgan fingerprint density at radius 1 is 1.11 bits per heavy atom. The fourth-order valence-electron chi connectivity index (χ4n) is 3.29. The average molecular weight is 375 g/mol. The standard InChI is InChI=1S/C22H18FN3O2/c1-14(27)16-6-10-18(11-7-16)25-21-20-19(3-2-12-24-20)22(28)26(21)13-15-4-8-17(23)9-5-15/h2-12,21,25H,13H2,1H3/t21-/m0/s1. The Morgan fingerprint density at radius 2 is 1.82 bits per heavy atom. The molecule has 3 aromatic rings. The van der Waals surface area contributed by atoms with Gasteiger partial charge in [-0.25, -0.2) is 4.39 Å². The van der Waals surface area contributed by atoms with Gasteiger partial charge in [-0.15, -0.1) is 0 Å². The summed E-state index contributed by atoms with van der Waals surface area (Å²) in [5, 5.41) is 3.33. The number of fused-ring (bicyclic) bond motifs is 1. The topological polar surface area (TPSA) is 62.3 Å². The van der Waals surface area contributed by atoms with Crippen molar-refractivity contribution in [3.05, 3.63) is 95.1 Å². The summed E-state index contributed by atoms with van der Waals surface area (Å²) in [6, 6.07) is 16.7. The zero-order valence-corrected chi connectivity index (χ0v) is 15.2. The molecule has 0 saturated heterocycles. The van der Waals surface area contributed by atoms with Crippen LogP contribution in [0.25, 0.3) is 0 Å². The van der Waals surface area contributed by atoms with E-state index in [9.17, 15) is 14.0 Å². The molecule has 4 rings (SSSR count). The molecule has 0 bridgehead atoms. The Labute approximate surface area is 161 Å². The normalized spacial score (nSPS) is 15.4. The second-order valence-corrected chi connectivity index (χ2v) is 6.68. The molecule has 1 aromatic heterocycles. The van der Waals surface area contributed by atoms with Crippen molar-refractivity contribution in [1.82, 2.24) is 9.88 Å². The Balaban J connectivity index is 1.65. The summed E-state index contributed by atoms with van der Waals surface area (Å²) < 4.78 is 13.2. The first-order valence-electron chi connectivity index (χ1n) is 8.91. The summed E-state index contributed by atoms with van der Waals surface area (Å²) in [5.41, 5.74) is 3.40. The maximum absolute atomic E-state index is 13.2. The van der Waals surface area contributed by atoms with Crippen molar-refractivity contribution in [3.63, 3.8) is 0 Å². The molecule has 1 aliphatic rings. The molecule has 0 spiro atoms. The van der Waals surface area contributed by atoms with Crippen molar-refractivity contribution < 1.29 is 14.0 Å². The number of hydrogen-bond donors (Lipinski definition) is 1. The first-order valence-corrected chi connectivity index (χ1v) is 8.91. The molecule has 0 unspecified atom stereocenters. The molecule has 5 nitrogen and oxygen atoms in total. The summed E-state index contributed by atoms with van der Waals surface area (Å²) in [6.45, 7) is 1.83. The van der Waals surface area contributed by atoms with E-state index in [1.807, 2.05) is 0 Å². The number of benzene rings is 2. The molecular formula is C22H18FN3O2. The molecule has 2 heterocycles. The fourth-order valence-corrected chi connectivity index (χ4v) is 3.29. The summed E-state index contributed by atoms with van der Waals surface area (Å²) in [7, 11) is 0. The summed E-state index contributed by atoms with van der Waals surface area (Å²) in [5.74, 6) is -0.459.